The molecule has 2 heterocycles. The van der Waals surface area contributed by atoms with Gasteiger partial charge in [-0.15, -0.1) is 0 Å². The van der Waals surface area contributed by atoms with Crippen molar-refractivity contribution in [2.45, 2.75) is 6.61 Å². The fourth-order valence-electron chi connectivity index (χ4n) is 2.91. The highest BCUT2D eigenvalue weighted by atomic mass is 16.5. The molecule has 0 aliphatic heterocycles. The molecule has 2 aromatic carbocycles. The van der Waals surface area contributed by atoms with Gasteiger partial charge in [0.25, 0.3) is 0 Å². The first-order valence-corrected chi connectivity index (χ1v) is 7.99. The largest absolute Gasteiger partial charge is 0.496 e. The number of aromatic nitrogens is 2. The molecule has 126 valence electrons. The maximum absolute atomic E-state index is 5.97. The summed E-state index contributed by atoms with van der Waals surface area (Å²) in [5.74, 6) is 2.05. The van der Waals surface area contributed by atoms with Crippen molar-refractivity contribution in [3.63, 3.8) is 0 Å². The lowest BCUT2D eigenvalue weighted by molar-refractivity contribution is 0.297. The lowest BCUT2D eigenvalue weighted by Crippen LogP contribution is -2.03. The fraction of sp³-hybridized carbons (Fsp3) is 0.150. The number of hydrogen-bond donors (Lipinski definition) is 0. The van der Waals surface area contributed by atoms with Crippen LogP contribution in [0.2, 0.25) is 0 Å². The summed E-state index contributed by atoms with van der Waals surface area (Å²) in [5, 5.41) is 0. The number of para-hydroxylation sites is 2. The summed E-state index contributed by atoms with van der Waals surface area (Å²) in [7, 11) is 3.24. The molecule has 0 unspecified atom stereocenters. The molecule has 0 amide bonds. The zero-order valence-electron chi connectivity index (χ0n) is 14.1. The van der Waals surface area contributed by atoms with Crippen molar-refractivity contribution in [1.82, 2.24) is 9.38 Å². The van der Waals surface area contributed by atoms with Crippen LogP contribution in [0, 0.1) is 0 Å². The molecule has 0 saturated carbocycles. The Balaban J connectivity index is 1.70. The second-order valence-electron chi connectivity index (χ2n) is 5.65. The van der Waals surface area contributed by atoms with E-state index in [1.54, 1.807) is 14.2 Å². The van der Waals surface area contributed by atoms with Gasteiger partial charge >= 0.3 is 0 Å². The summed E-state index contributed by atoms with van der Waals surface area (Å²) in [6.07, 6.45) is 2.04. The molecule has 2 aromatic heterocycles. The molecule has 0 aliphatic carbocycles. The van der Waals surface area contributed by atoms with Gasteiger partial charge in [-0.25, -0.2) is 4.98 Å². The second kappa shape index (κ2) is 6.36. The van der Waals surface area contributed by atoms with E-state index in [4.69, 9.17) is 19.2 Å². The molecule has 0 atom stereocenters. The van der Waals surface area contributed by atoms with Crippen LogP contribution in [0.15, 0.2) is 60.8 Å². The van der Waals surface area contributed by atoms with E-state index in [0.717, 1.165) is 22.2 Å². The highest BCUT2D eigenvalue weighted by Gasteiger charge is 2.09. The van der Waals surface area contributed by atoms with Crippen LogP contribution in [0.25, 0.3) is 16.6 Å². The third kappa shape index (κ3) is 2.85. The summed E-state index contributed by atoms with van der Waals surface area (Å²) < 4.78 is 18.7. The monoisotopic (exact) mass is 334 g/mol. The zero-order chi connectivity index (χ0) is 17.2. The van der Waals surface area contributed by atoms with Crippen LogP contribution in [0.3, 0.4) is 0 Å². The summed E-state index contributed by atoms with van der Waals surface area (Å²) >= 11 is 0. The average Bonchev–Trinajstić information content (AvgIpc) is 3.16. The maximum atomic E-state index is 5.97. The lowest BCUT2D eigenvalue weighted by atomic mass is 10.2. The van der Waals surface area contributed by atoms with Crippen molar-refractivity contribution in [3.05, 3.63) is 66.5 Å². The molecule has 5 nitrogen and oxygen atoms in total. The molecule has 0 fully saturated rings. The van der Waals surface area contributed by atoms with Crippen molar-refractivity contribution in [3.8, 4) is 17.2 Å². The molecule has 0 saturated heterocycles. The smallest absolute Gasteiger partial charge is 0.132 e. The number of nitrogens with zero attached hydrogens (tertiary/aromatic N) is 2. The van der Waals surface area contributed by atoms with Crippen molar-refractivity contribution in [2.75, 3.05) is 14.2 Å². The molecule has 4 aromatic rings. The maximum Gasteiger partial charge on any atom is 0.132 e. The van der Waals surface area contributed by atoms with Gasteiger partial charge in [-0.05, 0) is 24.3 Å². The van der Waals surface area contributed by atoms with Crippen LogP contribution < -0.4 is 14.2 Å². The highest BCUT2D eigenvalue weighted by Crippen LogP contribution is 2.28. The Labute approximate surface area is 145 Å². The van der Waals surface area contributed by atoms with E-state index in [1.807, 2.05) is 54.7 Å². The summed E-state index contributed by atoms with van der Waals surface area (Å²) in [6, 6.07) is 17.6. The van der Waals surface area contributed by atoms with E-state index in [1.165, 1.54) is 0 Å². The first-order chi connectivity index (χ1) is 12.3. The van der Waals surface area contributed by atoms with E-state index in [0.29, 0.717) is 23.9 Å². The minimum Gasteiger partial charge on any atom is -0.496 e. The van der Waals surface area contributed by atoms with Gasteiger partial charge in [0.1, 0.15) is 29.5 Å². The van der Waals surface area contributed by atoms with Crippen LogP contribution in [-0.4, -0.2) is 23.6 Å². The molecule has 0 spiro atoms. The quantitative estimate of drug-likeness (QED) is 0.551. The number of benzene rings is 2. The van der Waals surface area contributed by atoms with Gasteiger partial charge in [-0.2, -0.15) is 0 Å². The van der Waals surface area contributed by atoms with E-state index in [-0.39, 0.29) is 0 Å². The Bertz CT molecular complexity index is 1020. The van der Waals surface area contributed by atoms with Crippen LogP contribution in [0.5, 0.6) is 17.2 Å². The molecular weight excluding hydrogens is 316 g/mol. The van der Waals surface area contributed by atoms with Crippen LogP contribution in [0.1, 0.15) is 5.69 Å². The Morgan fingerprint density at radius 2 is 1.52 bits per heavy atom. The average molecular weight is 334 g/mol. The van der Waals surface area contributed by atoms with E-state index >= 15 is 0 Å². The van der Waals surface area contributed by atoms with Gasteiger partial charge in [-0.1, -0.05) is 12.1 Å². The standard InChI is InChI=1S/C20H18N2O3/c1-23-14-10-15(24-2)12-16(11-14)25-13-18-20-8-5-9-22(20)19-7-4-3-6-17(19)21-18/h3-12H,13H2,1-2H3. The predicted octanol–water partition coefficient (Wildman–Crippen LogP) is 4.08. The normalized spacial score (nSPS) is 11.0. The molecule has 5 heteroatoms. The number of ether oxygens (including phenoxy) is 3. The van der Waals surface area contributed by atoms with Crippen molar-refractivity contribution in [2.24, 2.45) is 0 Å². The van der Waals surface area contributed by atoms with Crippen LogP contribution >= 0.6 is 0 Å². The predicted molar refractivity (Wildman–Crippen MR) is 96.6 cm³/mol. The minimum atomic E-state index is 0.356. The minimum absolute atomic E-state index is 0.356. The molecule has 4 rings (SSSR count). The van der Waals surface area contributed by atoms with Gasteiger partial charge in [0.2, 0.25) is 0 Å². The third-order valence-electron chi connectivity index (χ3n) is 4.14. The number of methoxy groups -OCH3 is 2. The fourth-order valence-corrected chi connectivity index (χ4v) is 2.91. The molecule has 0 radical (unpaired) electrons. The summed E-state index contributed by atoms with van der Waals surface area (Å²) in [5.41, 5.74) is 3.93. The van der Waals surface area contributed by atoms with Crippen LogP contribution in [-0.2, 0) is 6.61 Å². The molecule has 0 N–H and O–H groups in total. The Kier molecular flexibility index (Phi) is 3.90. The highest BCUT2D eigenvalue weighted by molar-refractivity contribution is 5.79. The number of rotatable bonds is 5. The summed E-state index contributed by atoms with van der Waals surface area (Å²) in [4.78, 5) is 4.77. The van der Waals surface area contributed by atoms with Crippen molar-refractivity contribution in [1.29, 1.82) is 0 Å². The van der Waals surface area contributed by atoms with E-state index < -0.39 is 0 Å². The van der Waals surface area contributed by atoms with Gasteiger partial charge in [0.05, 0.1) is 30.8 Å². The molecule has 0 bridgehead atoms. The first kappa shape index (κ1) is 15.3. The van der Waals surface area contributed by atoms with Gasteiger partial charge in [-0.3, -0.25) is 0 Å². The third-order valence-corrected chi connectivity index (χ3v) is 4.14. The van der Waals surface area contributed by atoms with E-state index in [2.05, 4.69) is 10.5 Å². The zero-order valence-corrected chi connectivity index (χ0v) is 14.1. The second-order valence-corrected chi connectivity index (χ2v) is 5.65. The SMILES string of the molecule is COc1cc(OC)cc(OCc2nc3ccccc3n3cccc23)c1. The first-order valence-electron chi connectivity index (χ1n) is 7.99. The number of fused-ring (bicyclic) bond motifs is 3. The van der Waals surface area contributed by atoms with Gasteiger partial charge < -0.3 is 18.6 Å². The molecule has 0 aliphatic rings. The molecule has 25 heavy (non-hydrogen) atoms. The van der Waals surface area contributed by atoms with Gasteiger partial charge in [0, 0.05) is 24.4 Å². The van der Waals surface area contributed by atoms with Crippen LogP contribution in [0.4, 0.5) is 0 Å². The Morgan fingerprint density at radius 1 is 0.840 bits per heavy atom. The topological polar surface area (TPSA) is 45.0 Å². The van der Waals surface area contributed by atoms with Gasteiger partial charge in [0.15, 0.2) is 0 Å². The van der Waals surface area contributed by atoms with Crippen molar-refractivity contribution >= 4 is 16.6 Å². The van der Waals surface area contributed by atoms with E-state index in [9.17, 15) is 0 Å². The molecular formula is C20H18N2O3. The van der Waals surface area contributed by atoms with Crippen molar-refractivity contribution < 1.29 is 14.2 Å². The summed E-state index contributed by atoms with van der Waals surface area (Å²) in [6.45, 7) is 0.356. The lowest BCUT2D eigenvalue weighted by Gasteiger charge is -2.12. The Morgan fingerprint density at radius 3 is 2.28 bits per heavy atom. The number of hydrogen-bond acceptors (Lipinski definition) is 4. The Hall–Kier alpha value is -3.21.